The number of hydrogen-bond acceptors (Lipinski definition) is 5. The number of nitrogens with zero attached hydrogens (tertiary/aromatic N) is 3. The van der Waals surface area contributed by atoms with Crippen molar-refractivity contribution in [3.63, 3.8) is 0 Å². The fourth-order valence-electron chi connectivity index (χ4n) is 1.75. The molecule has 2 aromatic carbocycles. The largest absolute Gasteiger partial charge is 0.269 e. The quantitative estimate of drug-likeness (QED) is 0.415. The van der Waals surface area contributed by atoms with Gasteiger partial charge in [-0.25, -0.2) is 14.4 Å². The molecule has 0 saturated heterocycles. The second-order valence-electron chi connectivity index (χ2n) is 4.22. The van der Waals surface area contributed by atoms with E-state index in [1.165, 1.54) is 35.6 Å². The van der Waals surface area contributed by atoms with Crippen LogP contribution < -0.4 is 0 Å². The van der Waals surface area contributed by atoms with E-state index in [1.54, 1.807) is 24.4 Å². The number of nitro benzene ring substituents is 1. The summed E-state index contributed by atoms with van der Waals surface area (Å²) in [6, 6.07) is 10.4. The van der Waals surface area contributed by atoms with Gasteiger partial charge < -0.3 is 0 Å². The van der Waals surface area contributed by atoms with Gasteiger partial charge in [0.2, 0.25) is 5.13 Å². The summed E-state index contributed by atoms with van der Waals surface area (Å²) in [5.41, 5.74) is 1.45. The standard InChI is InChI=1S/C14H8FN3O2S/c15-10-3-6-12-13(7-10)21-14(17-12)16-8-9-1-4-11(5-2-9)18(19)20/h1-8H/b16-8+. The third-order valence-corrected chi connectivity index (χ3v) is 3.69. The highest BCUT2D eigenvalue weighted by molar-refractivity contribution is 7.22. The van der Waals surface area contributed by atoms with Crippen LogP contribution in [0.5, 0.6) is 0 Å². The Morgan fingerprint density at radius 3 is 2.71 bits per heavy atom. The average Bonchev–Trinajstić information content (AvgIpc) is 2.87. The minimum Gasteiger partial charge on any atom is -0.258 e. The second kappa shape index (κ2) is 5.37. The fraction of sp³-hybridized carbons (Fsp3) is 0. The first kappa shape index (κ1) is 13.3. The maximum Gasteiger partial charge on any atom is 0.269 e. The summed E-state index contributed by atoms with van der Waals surface area (Å²) in [4.78, 5) is 18.6. The predicted molar refractivity (Wildman–Crippen MR) is 79.9 cm³/mol. The Hall–Kier alpha value is -2.67. The number of rotatable bonds is 3. The Labute approximate surface area is 122 Å². The lowest BCUT2D eigenvalue weighted by Crippen LogP contribution is -1.88. The number of halogens is 1. The van der Waals surface area contributed by atoms with E-state index in [0.717, 1.165) is 10.3 Å². The molecule has 0 bridgehead atoms. The van der Waals surface area contributed by atoms with E-state index < -0.39 is 4.92 Å². The molecule has 0 aliphatic carbocycles. The number of thiazole rings is 1. The molecule has 7 heteroatoms. The average molecular weight is 301 g/mol. The van der Waals surface area contributed by atoms with Crippen LogP contribution in [0.1, 0.15) is 5.56 Å². The van der Waals surface area contributed by atoms with Crippen molar-refractivity contribution >= 4 is 38.6 Å². The number of aromatic nitrogens is 1. The van der Waals surface area contributed by atoms with E-state index >= 15 is 0 Å². The molecule has 1 heterocycles. The van der Waals surface area contributed by atoms with E-state index in [4.69, 9.17) is 0 Å². The molecular formula is C14H8FN3O2S. The maximum atomic E-state index is 13.1. The topological polar surface area (TPSA) is 68.4 Å². The first-order valence-electron chi connectivity index (χ1n) is 5.96. The minimum absolute atomic E-state index is 0.0302. The number of hydrogen-bond donors (Lipinski definition) is 0. The van der Waals surface area contributed by atoms with Crippen LogP contribution in [0.2, 0.25) is 0 Å². The van der Waals surface area contributed by atoms with E-state index in [1.807, 2.05) is 0 Å². The van der Waals surface area contributed by atoms with Crippen molar-refractivity contribution in [3.05, 3.63) is 64.0 Å². The molecule has 0 aliphatic rings. The van der Waals surface area contributed by atoms with Crippen molar-refractivity contribution in [2.45, 2.75) is 0 Å². The summed E-state index contributed by atoms with van der Waals surface area (Å²) in [5, 5.41) is 11.1. The lowest BCUT2D eigenvalue weighted by Gasteiger charge is -1.92. The van der Waals surface area contributed by atoms with Crippen molar-refractivity contribution in [2.75, 3.05) is 0 Å². The van der Waals surface area contributed by atoms with Crippen LogP contribution in [0.3, 0.4) is 0 Å². The fourth-order valence-corrected chi connectivity index (χ4v) is 2.59. The van der Waals surface area contributed by atoms with Gasteiger partial charge in [0.25, 0.3) is 5.69 Å². The molecule has 0 atom stereocenters. The molecule has 0 spiro atoms. The van der Waals surface area contributed by atoms with E-state index in [2.05, 4.69) is 9.98 Å². The third-order valence-electron chi connectivity index (χ3n) is 2.77. The number of fused-ring (bicyclic) bond motifs is 1. The molecule has 1 aromatic heterocycles. The molecule has 0 N–H and O–H groups in total. The normalized spacial score (nSPS) is 11.3. The second-order valence-corrected chi connectivity index (χ2v) is 5.22. The van der Waals surface area contributed by atoms with Gasteiger partial charge in [0, 0.05) is 18.3 Å². The van der Waals surface area contributed by atoms with Crippen LogP contribution in [-0.2, 0) is 0 Å². The first-order valence-corrected chi connectivity index (χ1v) is 6.78. The Kier molecular flexibility index (Phi) is 3.41. The van der Waals surface area contributed by atoms with Crippen molar-refractivity contribution in [2.24, 2.45) is 4.99 Å². The SMILES string of the molecule is O=[N+]([O-])c1ccc(/C=N/c2nc3ccc(F)cc3s2)cc1. The highest BCUT2D eigenvalue weighted by Crippen LogP contribution is 2.28. The van der Waals surface area contributed by atoms with Gasteiger partial charge in [0.15, 0.2) is 0 Å². The van der Waals surface area contributed by atoms with Crippen molar-refractivity contribution in [1.82, 2.24) is 4.98 Å². The number of non-ortho nitro benzene ring substituents is 1. The van der Waals surface area contributed by atoms with Gasteiger partial charge in [0.1, 0.15) is 5.82 Å². The summed E-state index contributed by atoms with van der Waals surface area (Å²) < 4.78 is 13.8. The van der Waals surface area contributed by atoms with Crippen molar-refractivity contribution < 1.29 is 9.31 Å². The number of aliphatic imine (C=N–C) groups is 1. The molecule has 3 rings (SSSR count). The van der Waals surface area contributed by atoms with Gasteiger partial charge in [-0.3, -0.25) is 10.1 Å². The molecule has 0 unspecified atom stereocenters. The zero-order chi connectivity index (χ0) is 14.8. The molecule has 104 valence electrons. The van der Waals surface area contributed by atoms with Crippen LogP contribution in [0, 0.1) is 15.9 Å². The van der Waals surface area contributed by atoms with Gasteiger partial charge in [-0.1, -0.05) is 11.3 Å². The van der Waals surface area contributed by atoms with Crippen LogP contribution in [-0.4, -0.2) is 16.1 Å². The number of benzene rings is 2. The van der Waals surface area contributed by atoms with Gasteiger partial charge in [-0.15, -0.1) is 0 Å². The molecule has 0 radical (unpaired) electrons. The van der Waals surface area contributed by atoms with Crippen LogP contribution in [0.4, 0.5) is 15.2 Å². The first-order chi connectivity index (χ1) is 10.1. The summed E-state index contributed by atoms with van der Waals surface area (Å²) in [6.07, 6.45) is 1.57. The van der Waals surface area contributed by atoms with Gasteiger partial charge in [0.05, 0.1) is 15.1 Å². The van der Waals surface area contributed by atoms with Crippen molar-refractivity contribution in [1.29, 1.82) is 0 Å². The monoisotopic (exact) mass is 301 g/mol. The molecule has 21 heavy (non-hydrogen) atoms. The molecule has 0 amide bonds. The summed E-state index contributed by atoms with van der Waals surface area (Å²) in [7, 11) is 0. The highest BCUT2D eigenvalue weighted by atomic mass is 32.1. The molecule has 3 aromatic rings. The summed E-state index contributed by atoms with van der Waals surface area (Å²) in [6.45, 7) is 0. The van der Waals surface area contributed by atoms with E-state index in [9.17, 15) is 14.5 Å². The lowest BCUT2D eigenvalue weighted by molar-refractivity contribution is -0.384. The van der Waals surface area contributed by atoms with Crippen LogP contribution >= 0.6 is 11.3 Å². The zero-order valence-corrected chi connectivity index (χ0v) is 11.4. The summed E-state index contributed by atoms with van der Waals surface area (Å²) >= 11 is 1.28. The Balaban J connectivity index is 1.85. The molecule has 0 aliphatic heterocycles. The highest BCUT2D eigenvalue weighted by Gasteiger charge is 2.04. The Morgan fingerprint density at radius 2 is 2.00 bits per heavy atom. The zero-order valence-electron chi connectivity index (χ0n) is 10.6. The van der Waals surface area contributed by atoms with Gasteiger partial charge >= 0.3 is 0 Å². The molecule has 0 saturated carbocycles. The Bertz CT molecular complexity index is 843. The third kappa shape index (κ3) is 2.92. The molecule has 0 fully saturated rings. The van der Waals surface area contributed by atoms with Gasteiger partial charge in [-0.2, -0.15) is 0 Å². The Morgan fingerprint density at radius 1 is 1.24 bits per heavy atom. The molecular weight excluding hydrogens is 293 g/mol. The van der Waals surface area contributed by atoms with Crippen LogP contribution in [0.25, 0.3) is 10.2 Å². The lowest BCUT2D eigenvalue weighted by atomic mass is 10.2. The summed E-state index contributed by atoms with van der Waals surface area (Å²) in [5.74, 6) is -0.308. The van der Waals surface area contributed by atoms with Gasteiger partial charge in [-0.05, 0) is 35.9 Å². The van der Waals surface area contributed by atoms with E-state index in [-0.39, 0.29) is 11.5 Å². The van der Waals surface area contributed by atoms with E-state index in [0.29, 0.717) is 10.6 Å². The number of nitro groups is 1. The molecule has 5 nitrogen and oxygen atoms in total. The van der Waals surface area contributed by atoms with Crippen molar-refractivity contribution in [3.8, 4) is 0 Å². The predicted octanol–water partition coefficient (Wildman–Crippen LogP) is 4.09. The minimum atomic E-state index is -0.455. The van der Waals surface area contributed by atoms with Crippen LogP contribution in [0.15, 0.2) is 47.5 Å². The maximum absolute atomic E-state index is 13.1. The smallest absolute Gasteiger partial charge is 0.258 e.